The largest absolute Gasteiger partial charge is 0.315 e. The Morgan fingerprint density at radius 1 is 1.64 bits per heavy atom. The highest BCUT2D eigenvalue weighted by molar-refractivity contribution is 6.02. The minimum absolute atomic E-state index is 0.00410. The highest BCUT2D eigenvalue weighted by atomic mass is 16.2. The van der Waals surface area contributed by atoms with E-state index in [2.05, 4.69) is 0 Å². The fourth-order valence-corrected chi connectivity index (χ4v) is 2.67. The maximum Gasteiger partial charge on any atom is 0.223 e. The zero-order chi connectivity index (χ0) is 9.92. The molecule has 2 atom stereocenters. The summed E-state index contributed by atoms with van der Waals surface area (Å²) in [4.78, 5) is 24.3. The summed E-state index contributed by atoms with van der Waals surface area (Å²) < 4.78 is 0. The van der Waals surface area contributed by atoms with Crippen molar-refractivity contribution in [3.05, 3.63) is 23.9 Å². The number of amides is 1. The number of nitrogens with zero attached hydrogens (tertiary/aromatic N) is 1. The Kier molecular flexibility index (Phi) is 1.23. The molecule has 1 amide bonds. The molecule has 0 radical (unpaired) electrons. The zero-order valence-electron chi connectivity index (χ0n) is 7.99. The van der Waals surface area contributed by atoms with Gasteiger partial charge in [0.05, 0.1) is 0 Å². The van der Waals surface area contributed by atoms with Gasteiger partial charge in [-0.1, -0.05) is 6.08 Å². The Labute approximate surface area is 82.1 Å². The van der Waals surface area contributed by atoms with E-state index in [-0.39, 0.29) is 17.1 Å². The van der Waals surface area contributed by atoms with Crippen LogP contribution in [-0.2, 0) is 9.59 Å². The molecule has 1 aliphatic heterocycles. The monoisotopic (exact) mass is 189 g/mol. The number of carbonyl (C=O) groups is 2. The highest BCUT2D eigenvalue weighted by Crippen LogP contribution is 2.65. The van der Waals surface area contributed by atoms with Crippen LogP contribution in [0, 0.1) is 11.3 Å². The fraction of sp³-hybridized carbons (Fsp3) is 0.455. The second-order valence-electron chi connectivity index (χ2n) is 4.34. The van der Waals surface area contributed by atoms with Crippen LogP contribution in [0.1, 0.15) is 13.3 Å². The van der Waals surface area contributed by atoms with Gasteiger partial charge in [0, 0.05) is 30.7 Å². The molecule has 0 N–H and O–H groups in total. The van der Waals surface area contributed by atoms with Gasteiger partial charge in [0.1, 0.15) is 0 Å². The van der Waals surface area contributed by atoms with Crippen LogP contribution in [0.2, 0.25) is 0 Å². The summed E-state index contributed by atoms with van der Waals surface area (Å²) in [5.74, 6) is 0.609. The molecule has 1 spiro atoms. The lowest BCUT2D eigenvalue weighted by atomic mass is 9.95. The normalized spacial score (nSPS) is 37.8. The third-order valence-corrected chi connectivity index (χ3v) is 3.53. The molecule has 3 heteroatoms. The molecule has 0 aromatic heterocycles. The zero-order valence-corrected chi connectivity index (χ0v) is 7.99. The smallest absolute Gasteiger partial charge is 0.223 e. The third kappa shape index (κ3) is 0.775. The molecule has 14 heavy (non-hydrogen) atoms. The molecule has 72 valence electrons. The van der Waals surface area contributed by atoms with E-state index in [1.165, 1.54) is 0 Å². The van der Waals surface area contributed by atoms with Crippen molar-refractivity contribution in [2.45, 2.75) is 13.3 Å². The summed E-state index contributed by atoms with van der Waals surface area (Å²) in [5, 5.41) is 0. The topological polar surface area (TPSA) is 37.4 Å². The van der Waals surface area contributed by atoms with Crippen LogP contribution in [0.4, 0.5) is 0 Å². The average Bonchev–Trinajstić information content (AvgIpc) is 2.73. The summed E-state index contributed by atoms with van der Waals surface area (Å²) in [6.45, 7) is 2.35. The van der Waals surface area contributed by atoms with Crippen molar-refractivity contribution in [1.29, 1.82) is 0 Å². The molecule has 1 heterocycles. The summed E-state index contributed by atoms with van der Waals surface area (Å²) in [5.41, 5.74) is 0.988. The van der Waals surface area contributed by atoms with Crippen LogP contribution in [-0.4, -0.2) is 23.1 Å². The maximum atomic E-state index is 11.3. The van der Waals surface area contributed by atoms with Crippen molar-refractivity contribution in [3.63, 3.8) is 0 Å². The Hall–Kier alpha value is -1.38. The van der Waals surface area contributed by atoms with E-state index in [1.54, 1.807) is 24.0 Å². The molecule has 3 aliphatic rings. The van der Waals surface area contributed by atoms with E-state index in [0.717, 1.165) is 18.7 Å². The van der Waals surface area contributed by atoms with Crippen molar-refractivity contribution in [1.82, 2.24) is 4.90 Å². The summed E-state index contributed by atoms with van der Waals surface area (Å²) in [7, 11) is 0. The summed E-state index contributed by atoms with van der Waals surface area (Å²) >= 11 is 0. The first-order valence-electron chi connectivity index (χ1n) is 4.87. The van der Waals surface area contributed by atoms with Crippen molar-refractivity contribution >= 4 is 11.7 Å². The van der Waals surface area contributed by atoms with E-state index >= 15 is 0 Å². The Bertz CT molecular complexity index is 408. The lowest BCUT2D eigenvalue weighted by Gasteiger charge is -2.23. The van der Waals surface area contributed by atoms with E-state index in [0.29, 0.717) is 5.92 Å². The molecule has 1 saturated carbocycles. The molecule has 3 rings (SSSR count). The number of allylic oxidation sites excluding steroid dienone is 3. The molecular weight excluding hydrogens is 178 g/mol. The van der Waals surface area contributed by atoms with E-state index in [4.69, 9.17) is 0 Å². The number of ketones is 1. The lowest BCUT2D eigenvalue weighted by Crippen LogP contribution is -2.29. The van der Waals surface area contributed by atoms with Crippen molar-refractivity contribution < 1.29 is 9.59 Å². The van der Waals surface area contributed by atoms with E-state index < -0.39 is 0 Å². The van der Waals surface area contributed by atoms with Gasteiger partial charge in [0.25, 0.3) is 0 Å². The molecule has 0 bridgehead atoms. The van der Waals surface area contributed by atoms with E-state index in [9.17, 15) is 9.59 Å². The number of carbonyl (C=O) groups excluding carboxylic acids is 2. The van der Waals surface area contributed by atoms with Crippen molar-refractivity contribution in [2.24, 2.45) is 11.3 Å². The van der Waals surface area contributed by atoms with Crippen molar-refractivity contribution in [3.8, 4) is 0 Å². The summed E-state index contributed by atoms with van der Waals surface area (Å²) in [6.07, 6.45) is 6.34. The maximum absolute atomic E-state index is 11.3. The first-order chi connectivity index (χ1) is 6.63. The minimum atomic E-state index is 0.00410. The van der Waals surface area contributed by atoms with Gasteiger partial charge in [-0.2, -0.15) is 0 Å². The van der Waals surface area contributed by atoms with Gasteiger partial charge in [0.15, 0.2) is 5.78 Å². The molecule has 0 aromatic rings. The Balaban J connectivity index is 2.06. The second-order valence-corrected chi connectivity index (χ2v) is 4.34. The SMILES string of the molecule is CC(=O)N1C[C@H]2C[C@@]23C=CC(=O)C=C13. The Morgan fingerprint density at radius 3 is 3.14 bits per heavy atom. The van der Waals surface area contributed by atoms with Crippen LogP contribution < -0.4 is 0 Å². The van der Waals surface area contributed by atoms with E-state index in [1.807, 2.05) is 6.08 Å². The summed E-state index contributed by atoms with van der Waals surface area (Å²) in [6, 6.07) is 0. The quantitative estimate of drug-likeness (QED) is 0.567. The van der Waals surface area contributed by atoms with Crippen LogP contribution >= 0.6 is 0 Å². The standard InChI is InChI=1S/C11H11NO2/c1-7(13)12-6-8-5-11(8)3-2-9(14)4-10(11)12/h2-4,8H,5-6H2,1H3/t8-,11+/m1/s1. The van der Waals surface area contributed by atoms with Crippen LogP contribution in [0.15, 0.2) is 23.9 Å². The Morgan fingerprint density at radius 2 is 2.43 bits per heavy atom. The number of hydrogen-bond donors (Lipinski definition) is 0. The predicted octanol–water partition coefficient (Wildman–Crippen LogP) is 0.878. The van der Waals surface area contributed by atoms with Crippen LogP contribution in [0.3, 0.4) is 0 Å². The number of piperidine rings is 1. The minimum Gasteiger partial charge on any atom is -0.315 e. The molecule has 0 aromatic carbocycles. The van der Waals surface area contributed by atoms with Gasteiger partial charge >= 0.3 is 0 Å². The molecule has 2 fully saturated rings. The first-order valence-corrected chi connectivity index (χ1v) is 4.87. The number of rotatable bonds is 0. The van der Waals surface area contributed by atoms with Gasteiger partial charge < -0.3 is 4.90 Å². The lowest BCUT2D eigenvalue weighted by molar-refractivity contribution is -0.126. The van der Waals surface area contributed by atoms with Gasteiger partial charge in [-0.25, -0.2) is 0 Å². The molecular formula is C11H11NO2. The van der Waals surface area contributed by atoms with Gasteiger partial charge in [0.2, 0.25) is 5.91 Å². The van der Waals surface area contributed by atoms with Crippen molar-refractivity contribution in [2.75, 3.05) is 6.54 Å². The van der Waals surface area contributed by atoms with Crippen LogP contribution in [0.25, 0.3) is 0 Å². The van der Waals surface area contributed by atoms with Crippen LogP contribution in [0.5, 0.6) is 0 Å². The molecule has 2 aliphatic carbocycles. The molecule has 0 unspecified atom stereocenters. The first kappa shape index (κ1) is 7.97. The molecule has 3 nitrogen and oxygen atoms in total. The fourth-order valence-electron chi connectivity index (χ4n) is 2.67. The predicted molar refractivity (Wildman–Crippen MR) is 50.2 cm³/mol. The van der Waals surface area contributed by atoms with Gasteiger partial charge in [-0.15, -0.1) is 0 Å². The highest BCUT2D eigenvalue weighted by Gasteiger charge is 2.63. The van der Waals surface area contributed by atoms with Gasteiger partial charge in [-0.05, 0) is 18.4 Å². The average molecular weight is 189 g/mol. The third-order valence-electron chi connectivity index (χ3n) is 3.53. The second kappa shape index (κ2) is 2.16. The number of hydrogen-bond acceptors (Lipinski definition) is 2. The molecule has 1 saturated heterocycles. The number of likely N-dealkylation sites (tertiary alicyclic amines) is 1. The van der Waals surface area contributed by atoms with Gasteiger partial charge in [-0.3, -0.25) is 9.59 Å².